The van der Waals surface area contributed by atoms with Crippen LogP contribution < -0.4 is 6.54 Å². The van der Waals surface area contributed by atoms with E-state index in [0.29, 0.717) is 7.25 Å². The third-order valence-electron chi connectivity index (χ3n) is 11.0. The molecule has 2 aliphatic rings. The van der Waals surface area contributed by atoms with Crippen LogP contribution in [-0.4, -0.2) is 6.88 Å². The predicted octanol–water partition coefficient (Wildman–Crippen LogP) is 10.4. The molecule has 0 saturated carbocycles. The van der Waals surface area contributed by atoms with Gasteiger partial charge >= 0.3 is 277 Å². The molecule has 2 aliphatic carbocycles. The van der Waals surface area contributed by atoms with Crippen molar-refractivity contribution in [2.24, 2.45) is 0 Å². The second-order valence-electron chi connectivity index (χ2n) is 13.4. The van der Waals surface area contributed by atoms with Gasteiger partial charge in [-0.2, -0.15) is 0 Å². The SMILES string of the molecule is CC1=Cc2c(-c3ccccc3)cccc2[CH]1[Zr](=[SiH2])([c]1ccccc1)([c]1ccccc1)[CH]1C(C)=Cc2c(-c3ccccc3)cccc21.Cl.Cl. The van der Waals surface area contributed by atoms with E-state index in [2.05, 4.69) is 191 Å². The molecule has 8 rings (SSSR count). The minimum Gasteiger partial charge on any atom is -0.147 e. The van der Waals surface area contributed by atoms with E-state index in [1.54, 1.807) is 6.54 Å². The van der Waals surface area contributed by atoms with Crippen molar-refractivity contribution >= 4 is 50.4 Å². The van der Waals surface area contributed by atoms with E-state index in [0.717, 1.165) is 0 Å². The molecule has 0 N–H and O–H groups in total. The standard InChI is InChI=1S/2C16H13.2C6H5.2ClH.H2Si.Zr/c2*1-12-10-14-8-5-9-15(16(14)11-12)13-6-3-2-4-7-13;2*1-2-4-6-5-3-1;;;;/h2*2-11H,1H3;2*1-5H;2*1H;1H2;. The predicted molar refractivity (Wildman–Crippen MR) is 212 cm³/mol. The first kappa shape index (κ1) is 34.3. The first-order valence-corrected chi connectivity index (χ1v) is 27.6. The van der Waals surface area contributed by atoms with Crippen LogP contribution in [0, 0.1) is 0 Å². The van der Waals surface area contributed by atoms with E-state index < -0.39 is 17.4 Å². The van der Waals surface area contributed by atoms with Gasteiger partial charge in [-0.1, -0.05) is 0 Å². The summed E-state index contributed by atoms with van der Waals surface area (Å²) in [7, 11) is 0. The van der Waals surface area contributed by atoms with Crippen molar-refractivity contribution in [1.82, 2.24) is 0 Å². The Balaban J connectivity index is 0.00000201. The van der Waals surface area contributed by atoms with Gasteiger partial charge in [0, 0.05) is 0 Å². The van der Waals surface area contributed by atoms with Gasteiger partial charge < -0.3 is 0 Å². The Labute approximate surface area is 300 Å². The van der Waals surface area contributed by atoms with Gasteiger partial charge in [0.05, 0.1) is 0 Å². The van der Waals surface area contributed by atoms with Crippen molar-refractivity contribution in [3.63, 3.8) is 0 Å². The summed E-state index contributed by atoms with van der Waals surface area (Å²) in [5, 5.41) is 0. The minimum absolute atomic E-state index is 0. The van der Waals surface area contributed by atoms with Crippen molar-refractivity contribution in [3.8, 4) is 22.3 Å². The smallest absolute Gasteiger partial charge is 0.147 e. The molecule has 0 radical (unpaired) electrons. The van der Waals surface area contributed by atoms with Gasteiger partial charge in [-0.25, -0.2) is 0 Å². The summed E-state index contributed by atoms with van der Waals surface area (Å²) in [6.07, 6.45) is 5.07. The molecule has 0 aliphatic heterocycles. The van der Waals surface area contributed by atoms with E-state index in [9.17, 15) is 0 Å². The van der Waals surface area contributed by atoms with Crippen molar-refractivity contribution < 1.29 is 17.4 Å². The average molecular weight is 759 g/mol. The number of fused-ring (bicyclic) bond motifs is 2. The zero-order valence-corrected chi connectivity index (χ0v) is 32.8. The molecule has 0 spiro atoms. The van der Waals surface area contributed by atoms with Gasteiger partial charge in [0.2, 0.25) is 0 Å². The molecule has 238 valence electrons. The second kappa shape index (κ2) is 13.4. The van der Waals surface area contributed by atoms with Crippen molar-refractivity contribution in [1.29, 1.82) is 0 Å². The van der Waals surface area contributed by atoms with Gasteiger partial charge in [-0.05, 0) is 0 Å². The van der Waals surface area contributed by atoms with E-state index in [-0.39, 0.29) is 24.8 Å². The minimum atomic E-state index is -4.61. The second-order valence-corrected chi connectivity index (χ2v) is 36.1. The number of hydrogen-bond acceptors (Lipinski definition) is 0. The maximum absolute atomic E-state index is 4.61. The molecular weight excluding hydrogens is 719 g/mol. The van der Waals surface area contributed by atoms with Crippen molar-refractivity contribution in [3.05, 3.63) is 191 Å². The number of hydrogen-bond donors (Lipinski definition) is 0. The van der Waals surface area contributed by atoms with Crippen LogP contribution in [0.25, 0.3) is 34.4 Å². The Morgan fingerprint density at radius 1 is 0.417 bits per heavy atom. The fourth-order valence-electron chi connectivity index (χ4n) is 9.26. The summed E-state index contributed by atoms with van der Waals surface area (Å²) in [6.45, 7) is 7.28. The van der Waals surface area contributed by atoms with Crippen LogP contribution in [-0.2, 0) is 17.4 Å². The first-order chi connectivity index (χ1) is 22.5. The number of halogens is 2. The van der Waals surface area contributed by atoms with Crippen LogP contribution in [0.2, 0.25) is 0 Å². The fourth-order valence-corrected chi connectivity index (χ4v) is 38.4. The molecule has 6 aromatic carbocycles. The zero-order chi connectivity index (χ0) is 31.3. The quantitative estimate of drug-likeness (QED) is 0.148. The normalized spacial score (nSPS) is 16.5. The molecule has 0 saturated heterocycles. The molecule has 2 unspecified atom stereocenters. The molecule has 48 heavy (non-hydrogen) atoms. The van der Waals surface area contributed by atoms with Gasteiger partial charge in [-0.15, -0.1) is 24.8 Å². The average Bonchev–Trinajstić information content (AvgIpc) is 3.66. The van der Waals surface area contributed by atoms with E-state index >= 15 is 0 Å². The third-order valence-corrected chi connectivity index (χ3v) is 39.2. The molecule has 0 nitrogen and oxygen atoms in total. The van der Waals surface area contributed by atoms with Crippen molar-refractivity contribution in [2.45, 2.75) is 21.1 Å². The molecule has 2 atom stereocenters. The Morgan fingerprint density at radius 2 is 0.750 bits per heavy atom. The summed E-state index contributed by atoms with van der Waals surface area (Å²) >= 11 is -4.61. The maximum atomic E-state index is 2.53. The molecular formula is C44H40Cl2SiZr. The largest absolute Gasteiger partial charge is 0.147 e. The molecule has 0 heterocycles. The molecule has 0 aromatic heterocycles. The van der Waals surface area contributed by atoms with E-state index in [4.69, 9.17) is 0 Å². The molecule has 6 aromatic rings. The van der Waals surface area contributed by atoms with E-state index in [1.807, 2.05) is 0 Å². The summed E-state index contributed by atoms with van der Waals surface area (Å²) in [6, 6.07) is 59.4. The molecule has 0 bridgehead atoms. The zero-order valence-electron chi connectivity index (χ0n) is 27.3. The van der Waals surface area contributed by atoms with Crippen molar-refractivity contribution in [2.75, 3.05) is 0 Å². The summed E-state index contributed by atoms with van der Waals surface area (Å²) < 4.78 is 3.73. The van der Waals surface area contributed by atoms with Gasteiger partial charge in [0.1, 0.15) is 0 Å². The molecule has 0 fully saturated rings. The number of rotatable bonds is 6. The number of benzene rings is 6. The Bertz CT molecular complexity index is 2060. The maximum Gasteiger partial charge on any atom is -0.147 e. The molecule has 0 amide bonds. The summed E-state index contributed by atoms with van der Waals surface area (Å²) in [4.78, 5) is 0. The third kappa shape index (κ3) is 5.04. The Morgan fingerprint density at radius 3 is 1.10 bits per heavy atom. The van der Waals surface area contributed by atoms with Gasteiger partial charge in [0.15, 0.2) is 0 Å². The fraction of sp³-hybridized carbons (Fsp3) is 0.0909. The van der Waals surface area contributed by atoms with Crippen LogP contribution in [0.3, 0.4) is 0 Å². The Kier molecular flexibility index (Phi) is 9.60. The van der Waals surface area contributed by atoms with Crippen LogP contribution in [0.1, 0.15) is 43.4 Å². The summed E-state index contributed by atoms with van der Waals surface area (Å²) in [5.74, 6) is 0. The van der Waals surface area contributed by atoms with Crippen LogP contribution in [0.5, 0.6) is 0 Å². The van der Waals surface area contributed by atoms with E-state index in [1.165, 1.54) is 55.7 Å². The topological polar surface area (TPSA) is 0 Å². The van der Waals surface area contributed by atoms with Crippen LogP contribution in [0.15, 0.2) is 169 Å². The van der Waals surface area contributed by atoms with Crippen LogP contribution in [0.4, 0.5) is 0 Å². The monoisotopic (exact) mass is 756 g/mol. The Hall–Kier alpha value is -3.52. The molecule has 4 heteroatoms. The van der Waals surface area contributed by atoms with Gasteiger partial charge in [0.25, 0.3) is 0 Å². The summed E-state index contributed by atoms with van der Waals surface area (Å²) in [5.41, 5.74) is 14.0. The number of allylic oxidation sites excluding steroid dienone is 2. The van der Waals surface area contributed by atoms with Gasteiger partial charge in [-0.3, -0.25) is 0 Å². The van der Waals surface area contributed by atoms with Crippen LogP contribution >= 0.6 is 24.8 Å². The first-order valence-electron chi connectivity index (χ1n) is 16.4.